The summed E-state index contributed by atoms with van der Waals surface area (Å²) in [4.78, 5) is 0. The summed E-state index contributed by atoms with van der Waals surface area (Å²) in [5.74, 6) is 2.69. The molecule has 1 unspecified atom stereocenters. The molecule has 0 N–H and O–H groups in total. The maximum absolute atomic E-state index is 2.54. The monoisotopic (exact) mass is 470 g/mol. The van der Waals surface area contributed by atoms with Gasteiger partial charge in [-0.05, 0) is 90.5 Å². The third-order valence-electron chi connectivity index (χ3n) is 9.02. The quantitative estimate of drug-likeness (QED) is 0.270. The Kier molecular flexibility index (Phi) is 10.5. The van der Waals surface area contributed by atoms with E-state index in [4.69, 9.17) is 0 Å². The Morgan fingerprint density at radius 1 is 0.571 bits per heavy atom. The van der Waals surface area contributed by atoms with Crippen LogP contribution in [0.5, 0.6) is 0 Å². The number of rotatable bonds is 12. The van der Waals surface area contributed by atoms with Crippen LogP contribution in [0, 0.1) is 11.8 Å². The maximum atomic E-state index is 2.54. The van der Waals surface area contributed by atoms with Gasteiger partial charge in [0.05, 0.1) is 0 Å². The molecule has 1 fully saturated rings. The molecule has 2 aromatic rings. The van der Waals surface area contributed by atoms with Crippen molar-refractivity contribution < 1.29 is 0 Å². The minimum Gasteiger partial charge on any atom is -0.0804 e. The van der Waals surface area contributed by atoms with Gasteiger partial charge >= 0.3 is 0 Å². The van der Waals surface area contributed by atoms with Crippen LogP contribution in [0.1, 0.15) is 134 Å². The van der Waals surface area contributed by atoms with Gasteiger partial charge in [-0.2, -0.15) is 0 Å². The van der Waals surface area contributed by atoms with Crippen LogP contribution in [0.15, 0.2) is 54.6 Å². The molecule has 0 heterocycles. The molecule has 0 bridgehead atoms. The summed E-state index contributed by atoms with van der Waals surface area (Å²) in [6, 6.07) is 18.9. The molecule has 2 aromatic carbocycles. The van der Waals surface area contributed by atoms with E-state index in [0.29, 0.717) is 0 Å². The number of allylic oxidation sites excluding steroid dienone is 2. The second kappa shape index (κ2) is 14.1. The molecule has 2 aliphatic carbocycles. The molecule has 0 aromatic heterocycles. The van der Waals surface area contributed by atoms with Gasteiger partial charge in [-0.25, -0.2) is 0 Å². The smallest absolute Gasteiger partial charge is 0.0162 e. The molecule has 2 aliphatic rings. The standard InChI is InChI=1S/C35H50/c1-3-5-7-8-9-11-29-14-18-31(19-15-29)33-22-26-35(27-23-33)34-24-20-32(21-25-34)30-16-12-28(13-17-30)10-6-4-2/h18,20-30H,3-17,19H2,1-2H3/t28-,29?,30-. The zero-order chi connectivity index (χ0) is 24.3. The zero-order valence-corrected chi connectivity index (χ0v) is 22.7. The van der Waals surface area contributed by atoms with E-state index < -0.39 is 0 Å². The molecule has 0 spiro atoms. The average Bonchev–Trinajstić information content (AvgIpc) is 2.93. The van der Waals surface area contributed by atoms with E-state index in [1.807, 2.05) is 0 Å². The first-order chi connectivity index (χ1) is 17.3. The highest BCUT2D eigenvalue weighted by atomic mass is 14.3. The predicted molar refractivity (Wildman–Crippen MR) is 155 cm³/mol. The molecule has 0 saturated heterocycles. The van der Waals surface area contributed by atoms with Gasteiger partial charge in [0.25, 0.3) is 0 Å². The van der Waals surface area contributed by atoms with Crippen molar-refractivity contribution in [2.24, 2.45) is 11.8 Å². The predicted octanol–water partition coefficient (Wildman–Crippen LogP) is 11.4. The van der Waals surface area contributed by atoms with E-state index in [1.54, 1.807) is 11.1 Å². The fraction of sp³-hybridized carbons (Fsp3) is 0.600. The third-order valence-corrected chi connectivity index (χ3v) is 9.02. The Hall–Kier alpha value is -1.82. The van der Waals surface area contributed by atoms with Gasteiger partial charge in [-0.15, -0.1) is 0 Å². The molecule has 0 nitrogen and oxygen atoms in total. The molecule has 35 heavy (non-hydrogen) atoms. The van der Waals surface area contributed by atoms with Crippen molar-refractivity contribution in [3.8, 4) is 11.1 Å². The molecule has 0 amide bonds. The summed E-state index contributed by atoms with van der Waals surface area (Å²) in [6.07, 6.45) is 24.8. The Bertz CT molecular complexity index is 877. The summed E-state index contributed by atoms with van der Waals surface area (Å²) >= 11 is 0. The van der Waals surface area contributed by atoms with Crippen LogP contribution in [-0.2, 0) is 0 Å². The molecule has 0 heteroatoms. The van der Waals surface area contributed by atoms with Gasteiger partial charge in [-0.1, -0.05) is 126 Å². The lowest BCUT2D eigenvalue weighted by Gasteiger charge is -2.29. The fourth-order valence-electron chi connectivity index (χ4n) is 6.55. The van der Waals surface area contributed by atoms with Crippen molar-refractivity contribution in [2.75, 3.05) is 0 Å². The largest absolute Gasteiger partial charge is 0.0804 e. The van der Waals surface area contributed by atoms with Crippen LogP contribution in [-0.4, -0.2) is 0 Å². The van der Waals surface area contributed by atoms with Crippen LogP contribution in [0.2, 0.25) is 0 Å². The summed E-state index contributed by atoms with van der Waals surface area (Å²) < 4.78 is 0. The first-order valence-corrected chi connectivity index (χ1v) is 15.2. The van der Waals surface area contributed by atoms with E-state index in [9.17, 15) is 0 Å². The first-order valence-electron chi connectivity index (χ1n) is 15.2. The summed E-state index contributed by atoms with van der Waals surface area (Å²) in [6.45, 7) is 4.62. The summed E-state index contributed by atoms with van der Waals surface area (Å²) in [5.41, 5.74) is 7.28. The van der Waals surface area contributed by atoms with Crippen LogP contribution < -0.4 is 0 Å². The van der Waals surface area contributed by atoms with Gasteiger partial charge in [0.15, 0.2) is 0 Å². The number of benzene rings is 2. The molecular weight excluding hydrogens is 420 g/mol. The number of unbranched alkanes of at least 4 members (excludes halogenated alkanes) is 5. The highest BCUT2D eigenvalue weighted by Gasteiger charge is 2.22. The lowest BCUT2D eigenvalue weighted by molar-refractivity contribution is 0.304. The second-order valence-corrected chi connectivity index (χ2v) is 11.6. The first kappa shape index (κ1) is 26.2. The van der Waals surface area contributed by atoms with Crippen LogP contribution in [0.25, 0.3) is 16.7 Å². The SMILES string of the molecule is CCCCCCCC1CC=C(c2ccc(-c3ccc([C@H]4CC[C@H](CCCC)CC4)cc3)cc2)CC1. The van der Waals surface area contributed by atoms with Gasteiger partial charge in [-0.3, -0.25) is 0 Å². The maximum Gasteiger partial charge on any atom is -0.0162 e. The average molecular weight is 471 g/mol. The van der Waals surface area contributed by atoms with Gasteiger partial charge in [0, 0.05) is 0 Å². The molecule has 4 rings (SSSR count). The molecular formula is C35H50. The molecule has 1 saturated carbocycles. The molecule has 190 valence electrons. The summed E-state index contributed by atoms with van der Waals surface area (Å²) in [7, 11) is 0. The van der Waals surface area contributed by atoms with Crippen molar-refractivity contribution in [1.82, 2.24) is 0 Å². The Labute approximate surface area is 216 Å². The number of hydrogen-bond acceptors (Lipinski definition) is 0. The summed E-state index contributed by atoms with van der Waals surface area (Å²) in [5, 5.41) is 0. The third kappa shape index (κ3) is 7.83. The minimum absolute atomic E-state index is 0.780. The minimum atomic E-state index is 0.780. The second-order valence-electron chi connectivity index (χ2n) is 11.6. The highest BCUT2D eigenvalue weighted by Crippen LogP contribution is 2.38. The lowest BCUT2D eigenvalue weighted by Crippen LogP contribution is -2.13. The Morgan fingerprint density at radius 2 is 1.17 bits per heavy atom. The van der Waals surface area contributed by atoms with E-state index in [2.05, 4.69) is 68.5 Å². The van der Waals surface area contributed by atoms with Crippen molar-refractivity contribution in [2.45, 2.75) is 122 Å². The molecule has 0 radical (unpaired) electrons. The van der Waals surface area contributed by atoms with Crippen LogP contribution >= 0.6 is 0 Å². The van der Waals surface area contributed by atoms with Crippen molar-refractivity contribution in [3.63, 3.8) is 0 Å². The highest BCUT2D eigenvalue weighted by molar-refractivity contribution is 5.71. The van der Waals surface area contributed by atoms with E-state index in [-0.39, 0.29) is 0 Å². The Morgan fingerprint density at radius 3 is 1.80 bits per heavy atom. The van der Waals surface area contributed by atoms with E-state index in [0.717, 1.165) is 17.8 Å². The van der Waals surface area contributed by atoms with Gasteiger partial charge < -0.3 is 0 Å². The lowest BCUT2D eigenvalue weighted by atomic mass is 9.77. The molecule has 0 aliphatic heterocycles. The van der Waals surface area contributed by atoms with Crippen LogP contribution in [0.3, 0.4) is 0 Å². The fourth-order valence-corrected chi connectivity index (χ4v) is 6.55. The van der Waals surface area contributed by atoms with E-state index >= 15 is 0 Å². The number of hydrogen-bond donors (Lipinski definition) is 0. The van der Waals surface area contributed by atoms with Crippen molar-refractivity contribution in [3.05, 3.63) is 65.7 Å². The Balaban J connectivity index is 1.26. The molecule has 1 atom stereocenters. The zero-order valence-electron chi connectivity index (χ0n) is 22.7. The van der Waals surface area contributed by atoms with Crippen LogP contribution in [0.4, 0.5) is 0 Å². The topological polar surface area (TPSA) is 0 Å². The van der Waals surface area contributed by atoms with E-state index in [1.165, 1.54) is 119 Å². The normalized spacial score (nSPS) is 22.7. The van der Waals surface area contributed by atoms with Gasteiger partial charge in [0.2, 0.25) is 0 Å². The van der Waals surface area contributed by atoms with Crippen molar-refractivity contribution in [1.29, 1.82) is 0 Å². The van der Waals surface area contributed by atoms with Gasteiger partial charge in [0.1, 0.15) is 0 Å². The van der Waals surface area contributed by atoms with Crippen molar-refractivity contribution >= 4 is 5.57 Å².